The third kappa shape index (κ3) is 5.06. The molecular formula is C57H39NO. The lowest BCUT2D eigenvalue weighted by Gasteiger charge is -2.33. The number of benzene rings is 10. The van der Waals surface area contributed by atoms with Crippen LogP contribution in [0, 0.1) is 0 Å². The van der Waals surface area contributed by atoms with Crippen molar-refractivity contribution in [1.29, 1.82) is 0 Å². The lowest BCUT2D eigenvalue weighted by molar-refractivity contribution is 0.661. The van der Waals surface area contributed by atoms with Gasteiger partial charge in [-0.3, -0.25) is 0 Å². The van der Waals surface area contributed by atoms with E-state index in [0.29, 0.717) is 0 Å². The van der Waals surface area contributed by atoms with Gasteiger partial charge in [-0.2, -0.15) is 0 Å². The lowest BCUT2D eigenvalue weighted by Crippen LogP contribution is -2.21. The zero-order valence-corrected chi connectivity index (χ0v) is 32.9. The fraction of sp³-hybridized carbons (Fsp3) is 0.0526. The second-order valence-corrected chi connectivity index (χ2v) is 16.4. The van der Waals surface area contributed by atoms with Gasteiger partial charge in [0.1, 0.15) is 11.2 Å². The molecule has 0 saturated heterocycles. The summed E-state index contributed by atoms with van der Waals surface area (Å²) in [7, 11) is 0. The van der Waals surface area contributed by atoms with Crippen molar-refractivity contribution in [3.05, 3.63) is 211 Å². The summed E-state index contributed by atoms with van der Waals surface area (Å²) >= 11 is 0. The van der Waals surface area contributed by atoms with Gasteiger partial charge in [-0.05, 0) is 114 Å². The van der Waals surface area contributed by atoms with Crippen molar-refractivity contribution in [3.63, 3.8) is 0 Å². The molecule has 1 aliphatic rings. The Morgan fingerprint density at radius 3 is 1.88 bits per heavy atom. The van der Waals surface area contributed by atoms with Gasteiger partial charge in [0.15, 0.2) is 0 Å². The summed E-state index contributed by atoms with van der Waals surface area (Å²) in [6.45, 7) is 4.75. The molecule has 0 unspecified atom stereocenters. The molecule has 11 aromatic rings. The molecule has 0 saturated carbocycles. The van der Waals surface area contributed by atoms with Gasteiger partial charge in [0.25, 0.3) is 0 Å². The minimum Gasteiger partial charge on any atom is -0.455 e. The predicted octanol–water partition coefficient (Wildman–Crippen LogP) is 16.2. The zero-order valence-electron chi connectivity index (χ0n) is 32.9. The Bertz CT molecular complexity index is 3480. The maximum atomic E-state index is 6.56. The number of hydrogen-bond acceptors (Lipinski definition) is 2. The first-order chi connectivity index (χ1) is 29.0. The molecule has 12 rings (SSSR count). The normalized spacial score (nSPS) is 13.1. The number of fused-ring (bicyclic) bond motifs is 11. The Balaban J connectivity index is 1.07. The van der Waals surface area contributed by atoms with E-state index in [-0.39, 0.29) is 5.41 Å². The van der Waals surface area contributed by atoms with E-state index >= 15 is 0 Å². The van der Waals surface area contributed by atoms with Gasteiger partial charge in [-0.25, -0.2) is 0 Å². The number of nitrogens with zero attached hydrogens (tertiary/aromatic N) is 1. The van der Waals surface area contributed by atoms with E-state index in [1.807, 2.05) is 0 Å². The summed E-state index contributed by atoms with van der Waals surface area (Å²) in [6, 6.07) is 73.2. The van der Waals surface area contributed by atoms with Crippen LogP contribution in [-0.2, 0) is 5.41 Å². The Kier molecular flexibility index (Phi) is 7.31. The van der Waals surface area contributed by atoms with Crippen LogP contribution >= 0.6 is 0 Å². The molecule has 0 bridgehead atoms. The third-order valence-electron chi connectivity index (χ3n) is 12.8. The van der Waals surface area contributed by atoms with Crippen molar-refractivity contribution < 1.29 is 4.42 Å². The molecule has 0 atom stereocenters. The molecule has 10 aromatic carbocycles. The van der Waals surface area contributed by atoms with Crippen molar-refractivity contribution in [3.8, 4) is 33.4 Å². The average Bonchev–Trinajstić information content (AvgIpc) is 3.79. The van der Waals surface area contributed by atoms with E-state index < -0.39 is 0 Å². The number of rotatable bonds is 5. The van der Waals surface area contributed by atoms with Gasteiger partial charge in [-0.15, -0.1) is 0 Å². The molecule has 59 heavy (non-hydrogen) atoms. The Labute approximate surface area is 343 Å². The van der Waals surface area contributed by atoms with Crippen LogP contribution in [0.5, 0.6) is 0 Å². The molecule has 0 radical (unpaired) electrons. The van der Waals surface area contributed by atoms with Crippen molar-refractivity contribution in [2.45, 2.75) is 19.3 Å². The standard InChI is InChI=1S/C57H39NO/c1-57(2)51-23-11-9-21-46(51)47-22-13-25-53(55(47)57)58(40-30-26-37(27-31-40)49-34-38-15-4-5-16-41(38)44-19-7-8-20-45(44)49)52-24-12-10-17-42(52)39-29-33-54-50(35-39)48-32-28-36-14-3-6-18-43(36)56(48)59-54/h3-35H,1-2H3. The minimum atomic E-state index is -0.211. The minimum absolute atomic E-state index is 0.211. The topological polar surface area (TPSA) is 16.4 Å². The average molecular weight is 754 g/mol. The number of furan rings is 1. The number of anilines is 3. The molecule has 0 amide bonds. The Hall–Kier alpha value is -7.42. The highest BCUT2D eigenvalue weighted by Gasteiger charge is 2.39. The van der Waals surface area contributed by atoms with E-state index in [1.165, 1.54) is 66.0 Å². The fourth-order valence-electron chi connectivity index (χ4n) is 10.1. The van der Waals surface area contributed by atoms with Crippen molar-refractivity contribution in [2.24, 2.45) is 0 Å². The highest BCUT2D eigenvalue weighted by molar-refractivity contribution is 6.16. The first-order valence-corrected chi connectivity index (χ1v) is 20.5. The van der Waals surface area contributed by atoms with E-state index in [9.17, 15) is 0 Å². The summed E-state index contributed by atoms with van der Waals surface area (Å²) in [5.41, 5.74) is 15.1. The van der Waals surface area contributed by atoms with Gasteiger partial charge in [0.05, 0.1) is 11.4 Å². The maximum absolute atomic E-state index is 6.56. The van der Waals surface area contributed by atoms with E-state index in [1.54, 1.807) is 0 Å². The summed E-state index contributed by atoms with van der Waals surface area (Å²) < 4.78 is 6.56. The molecule has 1 aromatic heterocycles. The molecule has 278 valence electrons. The smallest absolute Gasteiger partial charge is 0.143 e. The predicted molar refractivity (Wildman–Crippen MR) is 249 cm³/mol. The molecule has 0 spiro atoms. The monoisotopic (exact) mass is 753 g/mol. The van der Waals surface area contributed by atoms with Gasteiger partial charge >= 0.3 is 0 Å². The summed E-state index contributed by atoms with van der Waals surface area (Å²) in [6.07, 6.45) is 0. The van der Waals surface area contributed by atoms with Gasteiger partial charge in [-0.1, -0.05) is 166 Å². The largest absolute Gasteiger partial charge is 0.455 e. The quantitative estimate of drug-likeness (QED) is 0.163. The van der Waals surface area contributed by atoms with Crippen LogP contribution < -0.4 is 4.90 Å². The highest BCUT2D eigenvalue weighted by atomic mass is 16.3. The van der Waals surface area contributed by atoms with Crippen LogP contribution in [0.25, 0.3) is 87.6 Å². The fourth-order valence-corrected chi connectivity index (χ4v) is 10.1. The number of hydrogen-bond donors (Lipinski definition) is 0. The second-order valence-electron chi connectivity index (χ2n) is 16.4. The first kappa shape index (κ1) is 33.7. The van der Waals surface area contributed by atoms with Crippen LogP contribution in [0.15, 0.2) is 205 Å². The maximum Gasteiger partial charge on any atom is 0.143 e. The zero-order chi connectivity index (χ0) is 39.2. The van der Waals surface area contributed by atoms with Crippen LogP contribution in [0.1, 0.15) is 25.0 Å². The summed E-state index contributed by atoms with van der Waals surface area (Å²) in [5.74, 6) is 0. The van der Waals surface area contributed by atoms with Crippen LogP contribution in [0.4, 0.5) is 17.1 Å². The number of para-hydroxylation sites is 1. The molecule has 2 heteroatoms. The molecular weight excluding hydrogens is 715 g/mol. The van der Waals surface area contributed by atoms with Crippen molar-refractivity contribution in [1.82, 2.24) is 0 Å². The third-order valence-corrected chi connectivity index (χ3v) is 12.8. The van der Waals surface area contributed by atoms with Gasteiger partial charge in [0, 0.05) is 32.8 Å². The van der Waals surface area contributed by atoms with E-state index in [2.05, 4.69) is 219 Å². The summed E-state index contributed by atoms with van der Waals surface area (Å²) in [5, 5.41) is 9.63. The van der Waals surface area contributed by atoms with Crippen LogP contribution in [0.3, 0.4) is 0 Å². The van der Waals surface area contributed by atoms with E-state index in [4.69, 9.17) is 4.42 Å². The van der Waals surface area contributed by atoms with Crippen LogP contribution in [-0.4, -0.2) is 0 Å². The molecule has 2 nitrogen and oxygen atoms in total. The lowest BCUT2D eigenvalue weighted by atomic mass is 9.81. The molecule has 1 aliphatic carbocycles. The second kappa shape index (κ2) is 12.8. The molecule has 1 heterocycles. The summed E-state index contributed by atoms with van der Waals surface area (Å²) in [4.78, 5) is 2.50. The Morgan fingerprint density at radius 2 is 1.03 bits per heavy atom. The van der Waals surface area contributed by atoms with Crippen molar-refractivity contribution >= 4 is 71.3 Å². The molecule has 0 fully saturated rings. The first-order valence-electron chi connectivity index (χ1n) is 20.5. The van der Waals surface area contributed by atoms with Crippen LogP contribution in [0.2, 0.25) is 0 Å². The van der Waals surface area contributed by atoms with Crippen molar-refractivity contribution in [2.75, 3.05) is 4.90 Å². The molecule has 0 aliphatic heterocycles. The Morgan fingerprint density at radius 1 is 0.390 bits per heavy atom. The SMILES string of the molecule is CC1(C)c2ccccc2-c2cccc(N(c3ccc(-c4cc5ccccc5c5ccccc45)cc3)c3ccccc3-c3ccc4oc5c6ccccc6ccc5c4c3)c21. The van der Waals surface area contributed by atoms with E-state index in [0.717, 1.165) is 49.8 Å². The highest BCUT2D eigenvalue weighted by Crippen LogP contribution is 2.55. The molecule has 0 N–H and O–H groups in total. The van der Waals surface area contributed by atoms with Gasteiger partial charge < -0.3 is 9.32 Å². The van der Waals surface area contributed by atoms with Gasteiger partial charge in [0.2, 0.25) is 0 Å².